The van der Waals surface area contributed by atoms with E-state index in [9.17, 15) is 14.0 Å². The van der Waals surface area contributed by atoms with Crippen LogP contribution >= 0.6 is 11.6 Å². The fourth-order valence-electron chi connectivity index (χ4n) is 1.64. The molecule has 0 aliphatic heterocycles. The number of hydrogen-bond acceptors (Lipinski definition) is 3. The zero-order chi connectivity index (χ0) is 15.4. The first kappa shape index (κ1) is 14.9. The van der Waals surface area contributed by atoms with Crippen molar-refractivity contribution < 1.29 is 14.0 Å². The smallest absolute Gasteiger partial charge is 0.258 e. The molecule has 0 aliphatic rings. The number of rotatable bonds is 3. The average Bonchev–Trinajstić information content (AvgIpc) is 2.42. The minimum atomic E-state index is -0.595. The Morgan fingerprint density at radius 2 is 2.00 bits per heavy atom. The van der Waals surface area contributed by atoms with Crippen LogP contribution in [0.5, 0.6) is 0 Å². The van der Waals surface area contributed by atoms with Crippen molar-refractivity contribution in [3.8, 4) is 0 Å². The molecule has 0 atom stereocenters. The molecule has 2 amide bonds. The van der Waals surface area contributed by atoms with Crippen molar-refractivity contribution in [1.82, 2.24) is 4.98 Å². The number of hydrogen-bond donors (Lipinski definition) is 2. The summed E-state index contributed by atoms with van der Waals surface area (Å²) >= 11 is 5.82. The van der Waals surface area contributed by atoms with Gasteiger partial charge in [0.25, 0.3) is 5.91 Å². The van der Waals surface area contributed by atoms with Crippen molar-refractivity contribution >= 4 is 34.8 Å². The first-order valence-electron chi connectivity index (χ1n) is 5.96. The van der Waals surface area contributed by atoms with Gasteiger partial charge in [-0.05, 0) is 30.3 Å². The van der Waals surface area contributed by atoms with Crippen molar-refractivity contribution in [3.63, 3.8) is 0 Å². The van der Waals surface area contributed by atoms with E-state index in [0.29, 0.717) is 5.69 Å². The number of benzene rings is 1. The maximum Gasteiger partial charge on any atom is 0.258 e. The molecule has 2 N–H and O–H groups in total. The van der Waals surface area contributed by atoms with E-state index < -0.39 is 17.6 Å². The number of halogens is 2. The quantitative estimate of drug-likeness (QED) is 0.856. The summed E-state index contributed by atoms with van der Waals surface area (Å²) in [7, 11) is 0. The third kappa shape index (κ3) is 3.76. The molecular formula is C14H11ClFN3O2. The number of amides is 2. The highest BCUT2D eigenvalue weighted by Gasteiger charge is 2.12. The second-order valence-electron chi connectivity index (χ2n) is 4.17. The Balaban J connectivity index is 2.22. The van der Waals surface area contributed by atoms with Gasteiger partial charge in [0.05, 0.1) is 11.3 Å². The fourth-order valence-corrected chi connectivity index (χ4v) is 1.85. The molecule has 2 aromatic rings. The molecule has 0 bridgehead atoms. The average molecular weight is 308 g/mol. The summed E-state index contributed by atoms with van der Waals surface area (Å²) in [5, 5.41) is 4.96. The van der Waals surface area contributed by atoms with Gasteiger partial charge in [-0.3, -0.25) is 9.59 Å². The van der Waals surface area contributed by atoms with Gasteiger partial charge in [-0.2, -0.15) is 0 Å². The van der Waals surface area contributed by atoms with Crippen molar-refractivity contribution in [2.75, 3.05) is 10.6 Å². The molecule has 0 spiro atoms. The third-order valence-corrected chi connectivity index (χ3v) is 2.84. The molecule has 0 saturated carbocycles. The molecule has 2 rings (SSSR count). The Bertz CT molecular complexity index is 706. The van der Waals surface area contributed by atoms with Gasteiger partial charge < -0.3 is 10.6 Å². The van der Waals surface area contributed by atoms with Gasteiger partial charge in [0, 0.05) is 18.8 Å². The topological polar surface area (TPSA) is 71.1 Å². The highest BCUT2D eigenvalue weighted by molar-refractivity contribution is 6.33. The van der Waals surface area contributed by atoms with Gasteiger partial charge in [-0.15, -0.1) is 0 Å². The van der Waals surface area contributed by atoms with Crippen LogP contribution in [-0.2, 0) is 4.79 Å². The van der Waals surface area contributed by atoms with Gasteiger partial charge in [0.15, 0.2) is 0 Å². The summed E-state index contributed by atoms with van der Waals surface area (Å²) < 4.78 is 13.5. The summed E-state index contributed by atoms with van der Waals surface area (Å²) in [6.45, 7) is 1.26. The van der Waals surface area contributed by atoms with E-state index in [1.54, 1.807) is 6.07 Å². The molecule has 108 valence electrons. The van der Waals surface area contributed by atoms with E-state index in [1.807, 2.05) is 0 Å². The molecule has 0 radical (unpaired) electrons. The second-order valence-corrected chi connectivity index (χ2v) is 4.53. The van der Waals surface area contributed by atoms with E-state index >= 15 is 0 Å². The van der Waals surface area contributed by atoms with Crippen molar-refractivity contribution in [2.45, 2.75) is 6.92 Å². The van der Waals surface area contributed by atoms with Gasteiger partial charge in [-0.1, -0.05) is 11.6 Å². The molecule has 1 aromatic heterocycles. The molecule has 7 heteroatoms. The highest BCUT2D eigenvalue weighted by atomic mass is 35.5. The van der Waals surface area contributed by atoms with Gasteiger partial charge >= 0.3 is 0 Å². The molecule has 5 nitrogen and oxygen atoms in total. The van der Waals surface area contributed by atoms with Crippen LogP contribution in [0.3, 0.4) is 0 Å². The molecule has 0 aliphatic carbocycles. The maximum absolute atomic E-state index is 13.5. The van der Waals surface area contributed by atoms with Crippen LogP contribution < -0.4 is 10.6 Å². The van der Waals surface area contributed by atoms with Crippen LogP contribution in [0.4, 0.5) is 15.8 Å². The molecule has 0 fully saturated rings. The Morgan fingerprint density at radius 1 is 1.24 bits per heavy atom. The Morgan fingerprint density at radius 3 is 2.67 bits per heavy atom. The zero-order valence-corrected chi connectivity index (χ0v) is 11.7. The summed E-state index contributed by atoms with van der Waals surface area (Å²) in [4.78, 5) is 26.8. The minimum absolute atomic E-state index is 0.0161. The van der Waals surface area contributed by atoms with E-state index in [-0.39, 0.29) is 16.4 Å². The Labute approximate surface area is 125 Å². The van der Waals surface area contributed by atoms with E-state index in [4.69, 9.17) is 11.6 Å². The lowest BCUT2D eigenvalue weighted by Crippen LogP contribution is -2.14. The number of carbonyl (C=O) groups excluding carboxylic acids is 2. The van der Waals surface area contributed by atoms with Gasteiger partial charge in [-0.25, -0.2) is 9.37 Å². The fraction of sp³-hybridized carbons (Fsp3) is 0.0714. The number of pyridine rings is 1. The number of anilines is 2. The lowest BCUT2D eigenvalue weighted by Gasteiger charge is -2.09. The van der Waals surface area contributed by atoms with Crippen LogP contribution in [0.25, 0.3) is 0 Å². The maximum atomic E-state index is 13.5. The molecular weight excluding hydrogens is 297 g/mol. The Kier molecular flexibility index (Phi) is 4.49. The number of aromatic nitrogens is 1. The summed E-state index contributed by atoms with van der Waals surface area (Å²) in [5.41, 5.74) is 0.507. The summed E-state index contributed by atoms with van der Waals surface area (Å²) in [5.74, 6) is -1.48. The first-order chi connectivity index (χ1) is 9.97. The van der Waals surface area contributed by atoms with Gasteiger partial charge in [0.1, 0.15) is 11.0 Å². The summed E-state index contributed by atoms with van der Waals surface area (Å²) in [6.07, 6.45) is 1.46. The first-order valence-corrected chi connectivity index (χ1v) is 6.34. The van der Waals surface area contributed by atoms with Crippen LogP contribution in [0.2, 0.25) is 5.15 Å². The standard InChI is InChI=1S/C14H11ClFN3O2/c1-8(20)18-12-7-9(4-5-11(12)16)19-14(21)10-3-2-6-17-13(10)15/h2-7H,1H3,(H,18,20)(H,19,21). The Hall–Kier alpha value is -2.47. The third-order valence-electron chi connectivity index (χ3n) is 2.54. The van der Waals surface area contributed by atoms with E-state index in [1.165, 1.54) is 31.3 Å². The number of nitrogens with zero attached hydrogens (tertiary/aromatic N) is 1. The number of nitrogens with one attached hydrogen (secondary N) is 2. The van der Waals surface area contributed by atoms with Crippen LogP contribution in [0, 0.1) is 5.82 Å². The molecule has 0 saturated heterocycles. The van der Waals surface area contributed by atoms with Crippen LogP contribution in [0.15, 0.2) is 36.5 Å². The van der Waals surface area contributed by atoms with Crippen molar-refractivity contribution in [2.24, 2.45) is 0 Å². The SMILES string of the molecule is CC(=O)Nc1cc(NC(=O)c2cccnc2Cl)ccc1F. The molecule has 1 heterocycles. The predicted molar refractivity (Wildman–Crippen MR) is 77.9 cm³/mol. The molecule has 1 aromatic carbocycles. The monoisotopic (exact) mass is 307 g/mol. The second kappa shape index (κ2) is 6.32. The predicted octanol–water partition coefficient (Wildman–Crippen LogP) is 3.08. The zero-order valence-electron chi connectivity index (χ0n) is 11.0. The van der Waals surface area contributed by atoms with Crippen LogP contribution in [-0.4, -0.2) is 16.8 Å². The van der Waals surface area contributed by atoms with Crippen molar-refractivity contribution in [1.29, 1.82) is 0 Å². The minimum Gasteiger partial charge on any atom is -0.324 e. The summed E-state index contributed by atoms with van der Waals surface area (Å²) in [6, 6.07) is 6.94. The van der Waals surface area contributed by atoms with Crippen LogP contribution in [0.1, 0.15) is 17.3 Å². The van der Waals surface area contributed by atoms with Gasteiger partial charge in [0.2, 0.25) is 5.91 Å². The normalized spacial score (nSPS) is 10.0. The van der Waals surface area contributed by atoms with Crippen molar-refractivity contribution in [3.05, 3.63) is 53.1 Å². The van der Waals surface area contributed by atoms with E-state index in [2.05, 4.69) is 15.6 Å². The highest BCUT2D eigenvalue weighted by Crippen LogP contribution is 2.21. The largest absolute Gasteiger partial charge is 0.324 e. The number of carbonyl (C=O) groups is 2. The molecule has 0 unspecified atom stereocenters. The van der Waals surface area contributed by atoms with E-state index in [0.717, 1.165) is 6.07 Å². The lowest BCUT2D eigenvalue weighted by atomic mass is 10.2. The lowest BCUT2D eigenvalue weighted by molar-refractivity contribution is -0.114. The molecule has 21 heavy (non-hydrogen) atoms.